The summed E-state index contributed by atoms with van der Waals surface area (Å²) in [6, 6.07) is 6.45. The average molecular weight is 239 g/mol. The Kier molecular flexibility index (Phi) is 2.81. The molecule has 0 N–H and O–H groups in total. The second-order valence-electron chi connectivity index (χ2n) is 4.26. The summed E-state index contributed by atoms with van der Waals surface area (Å²) in [7, 11) is 0. The minimum absolute atomic E-state index is 0.108. The van der Waals surface area contributed by atoms with Gasteiger partial charge in [0.25, 0.3) is 0 Å². The minimum atomic E-state index is -4.37. The molecule has 0 aliphatic rings. The number of pyridine rings is 1. The van der Waals surface area contributed by atoms with Gasteiger partial charge in [0, 0.05) is 11.6 Å². The van der Waals surface area contributed by atoms with Gasteiger partial charge < -0.3 is 0 Å². The maximum atomic E-state index is 13.1. The van der Waals surface area contributed by atoms with E-state index in [1.165, 1.54) is 12.3 Å². The van der Waals surface area contributed by atoms with Crippen LogP contribution in [0.4, 0.5) is 13.2 Å². The molecule has 1 nitrogen and oxygen atoms in total. The van der Waals surface area contributed by atoms with Gasteiger partial charge in [0.2, 0.25) is 0 Å². The van der Waals surface area contributed by atoms with Gasteiger partial charge in [-0.05, 0) is 11.3 Å². The number of aromatic nitrogens is 1. The van der Waals surface area contributed by atoms with Crippen LogP contribution < -0.4 is 0 Å². The molecule has 0 radical (unpaired) electrons. The molecule has 0 aliphatic carbocycles. The van der Waals surface area contributed by atoms with Crippen LogP contribution in [-0.2, 0) is 6.18 Å². The van der Waals surface area contributed by atoms with Gasteiger partial charge in [0.05, 0.1) is 11.3 Å². The third-order valence-corrected chi connectivity index (χ3v) is 2.66. The summed E-state index contributed by atoms with van der Waals surface area (Å²) < 4.78 is 39.3. The Hall–Kier alpha value is -1.58. The van der Waals surface area contributed by atoms with Crippen molar-refractivity contribution in [2.45, 2.75) is 25.9 Å². The molecular formula is C13H12F3N. The van der Waals surface area contributed by atoms with Crippen molar-refractivity contribution >= 4 is 10.8 Å². The molecule has 2 rings (SSSR count). The standard InChI is InChI=1S/C13H12F3N/c1-8(2)12-11(13(14,15)16)10-6-4-3-5-9(10)7-17-12/h3-8H,1-2H3. The predicted molar refractivity (Wildman–Crippen MR) is 60.8 cm³/mol. The van der Waals surface area contributed by atoms with Crippen LogP contribution in [0.5, 0.6) is 0 Å². The highest BCUT2D eigenvalue weighted by atomic mass is 19.4. The maximum absolute atomic E-state index is 13.1. The van der Waals surface area contributed by atoms with Gasteiger partial charge in [-0.2, -0.15) is 13.2 Å². The lowest BCUT2D eigenvalue weighted by molar-refractivity contribution is -0.137. The van der Waals surface area contributed by atoms with Crippen LogP contribution >= 0.6 is 0 Å². The molecule has 0 saturated heterocycles. The van der Waals surface area contributed by atoms with Gasteiger partial charge in [-0.1, -0.05) is 38.1 Å². The van der Waals surface area contributed by atoms with E-state index in [1.807, 2.05) is 0 Å². The molecule has 4 heteroatoms. The quantitative estimate of drug-likeness (QED) is 0.719. The molecule has 0 saturated carbocycles. The molecule has 0 aliphatic heterocycles. The molecule has 0 amide bonds. The molecule has 0 atom stereocenters. The number of alkyl halides is 3. The molecule has 1 aromatic carbocycles. The van der Waals surface area contributed by atoms with Crippen molar-refractivity contribution in [3.63, 3.8) is 0 Å². The van der Waals surface area contributed by atoms with Crippen molar-refractivity contribution in [2.75, 3.05) is 0 Å². The fourth-order valence-electron chi connectivity index (χ4n) is 1.91. The van der Waals surface area contributed by atoms with Crippen LogP contribution in [-0.4, -0.2) is 4.98 Å². The molecule has 2 aromatic rings. The van der Waals surface area contributed by atoms with E-state index >= 15 is 0 Å². The van der Waals surface area contributed by atoms with E-state index in [0.29, 0.717) is 5.39 Å². The third-order valence-electron chi connectivity index (χ3n) is 2.66. The first-order valence-electron chi connectivity index (χ1n) is 5.36. The Labute approximate surface area is 97.3 Å². The fourth-order valence-corrected chi connectivity index (χ4v) is 1.91. The Morgan fingerprint density at radius 1 is 1.12 bits per heavy atom. The second-order valence-corrected chi connectivity index (χ2v) is 4.26. The zero-order valence-corrected chi connectivity index (χ0v) is 9.55. The smallest absolute Gasteiger partial charge is 0.260 e. The highest BCUT2D eigenvalue weighted by molar-refractivity contribution is 5.86. The molecule has 0 bridgehead atoms. The number of fused-ring (bicyclic) bond motifs is 1. The molecule has 1 aromatic heterocycles. The van der Waals surface area contributed by atoms with Crippen molar-refractivity contribution < 1.29 is 13.2 Å². The van der Waals surface area contributed by atoms with E-state index in [0.717, 1.165) is 0 Å². The van der Waals surface area contributed by atoms with Crippen molar-refractivity contribution in [2.24, 2.45) is 0 Å². The molecule has 0 spiro atoms. The van der Waals surface area contributed by atoms with Gasteiger partial charge >= 0.3 is 6.18 Å². The lowest BCUT2D eigenvalue weighted by Gasteiger charge is -2.16. The Bertz CT molecular complexity index is 544. The summed E-state index contributed by atoms with van der Waals surface area (Å²) in [6.45, 7) is 3.43. The molecule has 1 heterocycles. The predicted octanol–water partition coefficient (Wildman–Crippen LogP) is 4.38. The zero-order valence-electron chi connectivity index (χ0n) is 9.55. The molecule has 17 heavy (non-hydrogen) atoms. The van der Waals surface area contributed by atoms with E-state index in [4.69, 9.17) is 0 Å². The van der Waals surface area contributed by atoms with Crippen LogP contribution in [0.2, 0.25) is 0 Å². The van der Waals surface area contributed by atoms with Gasteiger partial charge in [-0.15, -0.1) is 0 Å². The van der Waals surface area contributed by atoms with E-state index < -0.39 is 11.7 Å². The van der Waals surface area contributed by atoms with Crippen molar-refractivity contribution in [1.82, 2.24) is 4.98 Å². The first-order valence-corrected chi connectivity index (χ1v) is 5.36. The molecule has 90 valence electrons. The first-order chi connectivity index (χ1) is 7.91. The largest absolute Gasteiger partial charge is 0.418 e. The van der Waals surface area contributed by atoms with Crippen LogP contribution in [0, 0.1) is 0 Å². The number of hydrogen-bond donors (Lipinski definition) is 0. The summed E-state index contributed by atoms with van der Waals surface area (Å²) >= 11 is 0. The number of nitrogens with zero attached hydrogens (tertiary/aromatic N) is 1. The molecular weight excluding hydrogens is 227 g/mol. The summed E-state index contributed by atoms with van der Waals surface area (Å²) in [5, 5.41) is 0.739. The Balaban J connectivity index is 2.85. The minimum Gasteiger partial charge on any atom is -0.260 e. The number of hydrogen-bond acceptors (Lipinski definition) is 1. The summed E-state index contributed by atoms with van der Waals surface area (Å²) in [6.07, 6.45) is -2.87. The fraction of sp³-hybridized carbons (Fsp3) is 0.308. The van der Waals surface area contributed by atoms with E-state index in [1.54, 1.807) is 32.0 Å². The van der Waals surface area contributed by atoms with E-state index in [-0.39, 0.29) is 17.0 Å². The van der Waals surface area contributed by atoms with Crippen molar-refractivity contribution in [3.8, 4) is 0 Å². The number of halogens is 3. The highest BCUT2D eigenvalue weighted by Crippen LogP contribution is 2.38. The average Bonchev–Trinajstić information content (AvgIpc) is 2.26. The molecule has 0 unspecified atom stereocenters. The number of benzene rings is 1. The van der Waals surface area contributed by atoms with Crippen molar-refractivity contribution in [3.05, 3.63) is 41.7 Å². The molecule has 0 fully saturated rings. The summed E-state index contributed by atoms with van der Waals surface area (Å²) in [4.78, 5) is 3.95. The second kappa shape index (κ2) is 4.02. The van der Waals surface area contributed by atoms with Gasteiger partial charge in [-0.25, -0.2) is 0 Å². The monoisotopic (exact) mass is 239 g/mol. The Morgan fingerprint density at radius 3 is 2.35 bits per heavy atom. The third kappa shape index (κ3) is 2.12. The zero-order chi connectivity index (χ0) is 12.6. The van der Waals surface area contributed by atoms with Gasteiger partial charge in [0.1, 0.15) is 0 Å². The Morgan fingerprint density at radius 2 is 1.76 bits per heavy atom. The normalized spacial score (nSPS) is 12.4. The van der Waals surface area contributed by atoms with Crippen LogP contribution in [0.3, 0.4) is 0 Å². The lowest BCUT2D eigenvalue weighted by atomic mass is 9.98. The maximum Gasteiger partial charge on any atom is 0.418 e. The number of rotatable bonds is 1. The van der Waals surface area contributed by atoms with E-state index in [9.17, 15) is 13.2 Å². The first kappa shape index (κ1) is 11.9. The van der Waals surface area contributed by atoms with Crippen LogP contribution in [0.1, 0.15) is 31.0 Å². The van der Waals surface area contributed by atoms with Crippen LogP contribution in [0.25, 0.3) is 10.8 Å². The van der Waals surface area contributed by atoms with Crippen LogP contribution in [0.15, 0.2) is 30.5 Å². The lowest BCUT2D eigenvalue weighted by Crippen LogP contribution is -2.12. The highest BCUT2D eigenvalue weighted by Gasteiger charge is 2.36. The van der Waals surface area contributed by atoms with E-state index in [2.05, 4.69) is 4.98 Å². The SMILES string of the molecule is CC(C)c1ncc2ccccc2c1C(F)(F)F. The summed E-state index contributed by atoms with van der Waals surface area (Å²) in [5.74, 6) is -0.253. The van der Waals surface area contributed by atoms with Gasteiger partial charge in [0.15, 0.2) is 0 Å². The summed E-state index contributed by atoms with van der Waals surface area (Å²) in [5.41, 5.74) is -0.498. The van der Waals surface area contributed by atoms with Gasteiger partial charge in [-0.3, -0.25) is 4.98 Å². The van der Waals surface area contributed by atoms with Crippen molar-refractivity contribution in [1.29, 1.82) is 0 Å². The topological polar surface area (TPSA) is 12.9 Å².